The quantitative estimate of drug-likeness (QED) is 0.937. The van der Waals surface area contributed by atoms with E-state index in [1.165, 1.54) is 11.3 Å². The number of nitrogens with zero attached hydrogens (tertiary/aromatic N) is 3. The minimum atomic E-state index is 0.0857. The van der Waals surface area contributed by atoms with Crippen molar-refractivity contribution in [2.24, 2.45) is 0 Å². The van der Waals surface area contributed by atoms with Crippen LogP contribution in [0.2, 0.25) is 0 Å². The monoisotopic (exact) mass is 288 g/mol. The minimum absolute atomic E-state index is 0.0857. The molecule has 0 radical (unpaired) electrons. The molecule has 3 rings (SSSR count). The third kappa shape index (κ3) is 3.02. The molecule has 5 nitrogen and oxygen atoms in total. The summed E-state index contributed by atoms with van der Waals surface area (Å²) < 4.78 is 0. The van der Waals surface area contributed by atoms with Gasteiger partial charge in [0.15, 0.2) is 0 Å². The van der Waals surface area contributed by atoms with Crippen LogP contribution in [0.25, 0.3) is 10.7 Å². The molecule has 1 saturated heterocycles. The predicted octanol–water partition coefficient (Wildman–Crippen LogP) is 1.87. The summed E-state index contributed by atoms with van der Waals surface area (Å²) in [4.78, 5) is 20.9. The Morgan fingerprint density at radius 3 is 3.10 bits per heavy atom. The van der Waals surface area contributed by atoms with Crippen molar-refractivity contribution in [3.63, 3.8) is 0 Å². The number of pyridine rings is 1. The fourth-order valence-corrected chi connectivity index (χ4v) is 2.94. The summed E-state index contributed by atoms with van der Waals surface area (Å²) in [5.74, 6) is 0.0857. The van der Waals surface area contributed by atoms with Crippen LogP contribution in [0.5, 0.6) is 0 Å². The van der Waals surface area contributed by atoms with E-state index in [1.54, 1.807) is 11.2 Å². The molecule has 6 heteroatoms. The lowest BCUT2D eigenvalue weighted by Crippen LogP contribution is -2.47. The van der Waals surface area contributed by atoms with Gasteiger partial charge >= 0.3 is 0 Å². The summed E-state index contributed by atoms with van der Waals surface area (Å²) in [5.41, 5.74) is 4.79. The highest BCUT2D eigenvalue weighted by Gasteiger charge is 2.18. The third-order valence-corrected chi connectivity index (χ3v) is 4.09. The van der Waals surface area contributed by atoms with Gasteiger partial charge in [-0.2, -0.15) is 0 Å². The van der Waals surface area contributed by atoms with Crippen molar-refractivity contribution in [2.75, 3.05) is 13.1 Å². The SMILES string of the molecule is O=C(Cc1csc(-c2ccccn2)n1)N1CCCCN1. The maximum Gasteiger partial charge on any atom is 0.242 e. The van der Waals surface area contributed by atoms with Gasteiger partial charge in [0.2, 0.25) is 5.91 Å². The Balaban J connectivity index is 1.66. The summed E-state index contributed by atoms with van der Waals surface area (Å²) in [6.07, 6.45) is 4.29. The van der Waals surface area contributed by atoms with E-state index in [0.29, 0.717) is 6.42 Å². The van der Waals surface area contributed by atoms with E-state index >= 15 is 0 Å². The molecule has 2 aromatic rings. The van der Waals surface area contributed by atoms with Crippen LogP contribution in [0.4, 0.5) is 0 Å². The lowest BCUT2D eigenvalue weighted by atomic mass is 10.2. The van der Waals surface area contributed by atoms with Crippen LogP contribution in [-0.2, 0) is 11.2 Å². The molecular formula is C14H16N4OS. The fourth-order valence-electron chi connectivity index (χ4n) is 2.15. The summed E-state index contributed by atoms with van der Waals surface area (Å²) in [6.45, 7) is 1.66. The minimum Gasteiger partial charge on any atom is -0.278 e. The van der Waals surface area contributed by atoms with Gasteiger partial charge in [-0.1, -0.05) is 6.07 Å². The highest BCUT2D eigenvalue weighted by molar-refractivity contribution is 7.13. The molecule has 1 N–H and O–H groups in total. The second-order valence-electron chi connectivity index (χ2n) is 4.70. The zero-order valence-corrected chi connectivity index (χ0v) is 11.9. The molecule has 1 fully saturated rings. The maximum absolute atomic E-state index is 12.1. The lowest BCUT2D eigenvalue weighted by molar-refractivity contribution is -0.134. The van der Waals surface area contributed by atoms with Crippen molar-refractivity contribution >= 4 is 17.2 Å². The first-order valence-corrected chi connectivity index (χ1v) is 7.60. The summed E-state index contributed by atoms with van der Waals surface area (Å²) in [5, 5.41) is 4.51. The van der Waals surface area contributed by atoms with Crippen LogP contribution in [0.1, 0.15) is 18.5 Å². The van der Waals surface area contributed by atoms with Crippen molar-refractivity contribution in [2.45, 2.75) is 19.3 Å². The van der Waals surface area contributed by atoms with Crippen molar-refractivity contribution < 1.29 is 4.79 Å². The van der Waals surface area contributed by atoms with Crippen LogP contribution in [-0.4, -0.2) is 34.0 Å². The van der Waals surface area contributed by atoms with Gasteiger partial charge in [0, 0.05) is 24.7 Å². The average Bonchev–Trinajstić information content (AvgIpc) is 2.97. The Morgan fingerprint density at radius 2 is 2.35 bits per heavy atom. The van der Waals surface area contributed by atoms with E-state index in [-0.39, 0.29) is 5.91 Å². The predicted molar refractivity (Wildman–Crippen MR) is 78.0 cm³/mol. The molecule has 0 bridgehead atoms. The van der Waals surface area contributed by atoms with Gasteiger partial charge in [0.25, 0.3) is 0 Å². The van der Waals surface area contributed by atoms with E-state index < -0.39 is 0 Å². The van der Waals surface area contributed by atoms with Gasteiger partial charge in [-0.05, 0) is 25.0 Å². The van der Waals surface area contributed by atoms with E-state index in [9.17, 15) is 4.79 Å². The zero-order valence-electron chi connectivity index (χ0n) is 11.1. The second-order valence-corrected chi connectivity index (χ2v) is 5.55. The molecule has 2 aromatic heterocycles. The van der Waals surface area contributed by atoms with E-state index in [0.717, 1.165) is 42.3 Å². The van der Waals surface area contributed by atoms with Crippen LogP contribution < -0.4 is 5.43 Å². The molecule has 0 spiro atoms. The Bertz CT molecular complexity index is 578. The van der Waals surface area contributed by atoms with Crippen LogP contribution in [0, 0.1) is 0 Å². The smallest absolute Gasteiger partial charge is 0.242 e. The molecule has 0 unspecified atom stereocenters. The molecule has 20 heavy (non-hydrogen) atoms. The lowest BCUT2D eigenvalue weighted by Gasteiger charge is -2.27. The number of amides is 1. The molecule has 3 heterocycles. The zero-order chi connectivity index (χ0) is 13.8. The molecule has 1 aliphatic rings. The number of thiazole rings is 1. The molecule has 0 aromatic carbocycles. The fraction of sp³-hybridized carbons (Fsp3) is 0.357. The number of nitrogens with one attached hydrogen (secondary N) is 1. The molecule has 0 saturated carbocycles. The van der Waals surface area contributed by atoms with Crippen molar-refractivity contribution in [1.29, 1.82) is 0 Å². The molecule has 1 amide bonds. The standard InChI is InChI=1S/C14H16N4OS/c19-13(18-8-4-3-7-16-18)9-11-10-20-14(17-11)12-5-1-2-6-15-12/h1-2,5-6,10,16H,3-4,7-9H2. The van der Waals surface area contributed by atoms with Gasteiger partial charge in [0.05, 0.1) is 17.8 Å². The largest absolute Gasteiger partial charge is 0.278 e. The van der Waals surface area contributed by atoms with Crippen LogP contribution in [0.3, 0.4) is 0 Å². The normalized spacial score (nSPS) is 15.3. The molecular weight excluding hydrogens is 272 g/mol. The first kappa shape index (κ1) is 13.2. The van der Waals surface area contributed by atoms with Gasteiger partial charge in [-0.25, -0.2) is 10.4 Å². The van der Waals surface area contributed by atoms with E-state index in [2.05, 4.69) is 15.4 Å². The number of hydrogen-bond acceptors (Lipinski definition) is 5. The summed E-state index contributed by atoms with van der Waals surface area (Å²) in [7, 11) is 0. The number of aromatic nitrogens is 2. The second kappa shape index (κ2) is 6.11. The van der Waals surface area contributed by atoms with Crippen LogP contribution >= 0.6 is 11.3 Å². The van der Waals surface area contributed by atoms with E-state index in [4.69, 9.17) is 0 Å². The Kier molecular flexibility index (Phi) is 4.03. The third-order valence-electron chi connectivity index (χ3n) is 3.18. The maximum atomic E-state index is 12.1. The number of carbonyl (C=O) groups excluding carboxylic acids is 1. The molecule has 0 atom stereocenters. The Morgan fingerprint density at radius 1 is 1.40 bits per heavy atom. The van der Waals surface area contributed by atoms with Gasteiger partial charge in [-0.15, -0.1) is 11.3 Å². The Hall–Kier alpha value is -1.79. The van der Waals surface area contributed by atoms with Crippen molar-refractivity contribution in [3.05, 3.63) is 35.5 Å². The van der Waals surface area contributed by atoms with Gasteiger partial charge < -0.3 is 0 Å². The average molecular weight is 288 g/mol. The number of hydrogen-bond donors (Lipinski definition) is 1. The van der Waals surface area contributed by atoms with Crippen molar-refractivity contribution in [3.8, 4) is 10.7 Å². The highest BCUT2D eigenvalue weighted by Crippen LogP contribution is 2.21. The number of carbonyl (C=O) groups is 1. The number of hydrazine groups is 1. The molecule has 104 valence electrons. The Labute approximate surface area is 121 Å². The highest BCUT2D eigenvalue weighted by atomic mass is 32.1. The van der Waals surface area contributed by atoms with Crippen molar-refractivity contribution in [1.82, 2.24) is 20.4 Å². The first-order valence-electron chi connectivity index (χ1n) is 6.72. The number of rotatable bonds is 3. The van der Waals surface area contributed by atoms with Gasteiger partial charge in [-0.3, -0.25) is 14.8 Å². The topological polar surface area (TPSA) is 58.1 Å². The van der Waals surface area contributed by atoms with Crippen LogP contribution in [0.15, 0.2) is 29.8 Å². The van der Waals surface area contributed by atoms with Gasteiger partial charge in [0.1, 0.15) is 5.01 Å². The molecule has 1 aliphatic heterocycles. The summed E-state index contributed by atoms with van der Waals surface area (Å²) >= 11 is 1.53. The first-order chi connectivity index (χ1) is 9.83. The molecule has 0 aliphatic carbocycles. The van der Waals surface area contributed by atoms with E-state index in [1.807, 2.05) is 23.6 Å². The summed E-state index contributed by atoms with van der Waals surface area (Å²) in [6, 6.07) is 5.74.